The molecule has 0 bridgehead atoms. The first-order chi connectivity index (χ1) is 8.02. The topological polar surface area (TPSA) is 49.3 Å². The minimum absolute atomic E-state index is 0.0207. The minimum Gasteiger partial charge on any atom is -0.394 e. The fourth-order valence-corrected chi connectivity index (χ4v) is 1.83. The Morgan fingerprint density at radius 1 is 1.53 bits per heavy atom. The number of benzene rings is 1. The number of carbonyl (C=O) groups is 1. The third-order valence-electron chi connectivity index (χ3n) is 1.93. The van der Waals surface area contributed by atoms with Gasteiger partial charge in [0.1, 0.15) is 11.6 Å². The van der Waals surface area contributed by atoms with E-state index in [1.165, 1.54) is 6.07 Å². The predicted octanol–water partition coefficient (Wildman–Crippen LogP) is 1.55. The quantitative estimate of drug-likeness (QED) is 0.791. The SMILES string of the molecule is C[C@H](CO)NC(=O)CSc1ccc(F)cc1F. The molecule has 0 heterocycles. The average molecular weight is 261 g/mol. The Bertz CT molecular complexity index is 401. The summed E-state index contributed by atoms with van der Waals surface area (Å²) in [6.07, 6.45) is 0. The van der Waals surface area contributed by atoms with Gasteiger partial charge in [0.25, 0.3) is 0 Å². The maximum absolute atomic E-state index is 13.2. The van der Waals surface area contributed by atoms with Crippen molar-refractivity contribution >= 4 is 17.7 Å². The summed E-state index contributed by atoms with van der Waals surface area (Å²) in [7, 11) is 0. The number of aliphatic hydroxyl groups is 1. The number of carbonyl (C=O) groups excluding carboxylic acids is 1. The monoisotopic (exact) mass is 261 g/mol. The van der Waals surface area contributed by atoms with Gasteiger partial charge in [-0.3, -0.25) is 4.79 Å². The molecule has 3 nitrogen and oxygen atoms in total. The van der Waals surface area contributed by atoms with Crippen LogP contribution in [0.3, 0.4) is 0 Å². The molecule has 0 aromatic heterocycles. The van der Waals surface area contributed by atoms with Gasteiger partial charge in [0.05, 0.1) is 12.4 Å². The van der Waals surface area contributed by atoms with E-state index in [9.17, 15) is 13.6 Å². The Hall–Kier alpha value is -1.14. The zero-order chi connectivity index (χ0) is 12.8. The number of hydrogen-bond donors (Lipinski definition) is 2. The van der Waals surface area contributed by atoms with E-state index in [1.54, 1.807) is 6.92 Å². The molecule has 1 atom stereocenters. The van der Waals surface area contributed by atoms with E-state index < -0.39 is 11.6 Å². The summed E-state index contributed by atoms with van der Waals surface area (Å²) in [5.41, 5.74) is 0. The summed E-state index contributed by atoms with van der Waals surface area (Å²) in [5, 5.41) is 11.2. The molecule has 0 unspecified atom stereocenters. The van der Waals surface area contributed by atoms with Gasteiger partial charge in [-0.15, -0.1) is 11.8 Å². The number of halogens is 2. The number of rotatable bonds is 5. The Morgan fingerprint density at radius 3 is 2.82 bits per heavy atom. The molecule has 0 aliphatic rings. The second-order valence-corrected chi connectivity index (χ2v) is 4.53. The number of nitrogens with one attached hydrogen (secondary N) is 1. The van der Waals surface area contributed by atoms with Crippen LogP contribution in [-0.4, -0.2) is 29.4 Å². The first kappa shape index (κ1) is 13.9. The van der Waals surface area contributed by atoms with Crippen molar-refractivity contribution < 1.29 is 18.7 Å². The van der Waals surface area contributed by atoms with Gasteiger partial charge in [0.15, 0.2) is 0 Å². The lowest BCUT2D eigenvalue weighted by molar-refractivity contribution is -0.119. The summed E-state index contributed by atoms with van der Waals surface area (Å²) < 4.78 is 25.8. The number of amides is 1. The van der Waals surface area contributed by atoms with Crippen molar-refractivity contribution in [2.75, 3.05) is 12.4 Å². The van der Waals surface area contributed by atoms with Gasteiger partial charge in [0.2, 0.25) is 5.91 Å². The van der Waals surface area contributed by atoms with E-state index in [4.69, 9.17) is 5.11 Å². The molecule has 0 saturated heterocycles. The molecular formula is C11H13F2NO2S. The fraction of sp³-hybridized carbons (Fsp3) is 0.364. The van der Waals surface area contributed by atoms with E-state index in [0.717, 1.165) is 23.9 Å². The van der Waals surface area contributed by atoms with E-state index in [2.05, 4.69) is 5.32 Å². The van der Waals surface area contributed by atoms with Crippen LogP contribution >= 0.6 is 11.8 Å². The van der Waals surface area contributed by atoms with Crippen molar-refractivity contribution in [2.24, 2.45) is 0 Å². The van der Waals surface area contributed by atoms with Gasteiger partial charge in [-0.2, -0.15) is 0 Å². The van der Waals surface area contributed by atoms with E-state index in [1.807, 2.05) is 0 Å². The molecule has 17 heavy (non-hydrogen) atoms. The molecule has 0 fully saturated rings. The Kier molecular flexibility index (Phi) is 5.37. The van der Waals surface area contributed by atoms with Crippen molar-refractivity contribution in [1.82, 2.24) is 5.32 Å². The fourth-order valence-electron chi connectivity index (χ4n) is 1.10. The van der Waals surface area contributed by atoms with E-state index in [0.29, 0.717) is 0 Å². The highest BCUT2D eigenvalue weighted by Gasteiger charge is 2.09. The van der Waals surface area contributed by atoms with Crippen LogP contribution in [0.4, 0.5) is 8.78 Å². The maximum Gasteiger partial charge on any atom is 0.230 e. The summed E-state index contributed by atoms with van der Waals surface area (Å²) in [6, 6.07) is 2.87. The molecule has 0 spiro atoms. The third-order valence-corrected chi connectivity index (χ3v) is 2.98. The summed E-state index contributed by atoms with van der Waals surface area (Å²) in [5.74, 6) is -1.61. The highest BCUT2D eigenvalue weighted by molar-refractivity contribution is 8.00. The van der Waals surface area contributed by atoms with Gasteiger partial charge in [-0.05, 0) is 19.1 Å². The van der Waals surface area contributed by atoms with Crippen LogP contribution in [0.1, 0.15) is 6.92 Å². The molecule has 0 aliphatic carbocycles. The van der Waals surface area contributed by atoms with Gasteiger partial charge >= 0.3 is 0 Å². The summed E-state index contributed by atoms with van der Waals surface area (Å²) in [4.78, 5) is 11.5. The number of hydrogen-bond acceptors (Lipinski definition) is 3. The maximum atomic E-state index is 13.2. The zero-order valence-electron chi connectivity index (χ0n) is 9.24. The van der Waals surface area contributed by atoms with Gasteiger partial charge < -0.3 is 10.4 Å². The summed E-state index contributed by atoms with van der Waals surface area (Å²) >= 11 is 0.981. The molecule has 0 radical (unpaired) electrons. The lowest BCUT2D eigenvalue weighted by atomic mass is 10.3. The molecule has 0 saturated carbocycles. The van der Waals surface area contributed by atoms with Crippen molar-refractivity contribution in [3.8, 4) is 0 Å². The molecule has 1 amide bonds. The van der Waals surface area contributed by atoms with Crippen LogP contribution in [-0.2, 0) is 4.79 Å². The van der Waals surface area contributed by atoms with E-state index >= 15 is 0 Å². The smallest absolute Gasteiger partial charge is 0.230 e. The van der Waals surface area contributed by atoms with Crippen LogP contribution in [0.5, 0.6) is 0 Å². The average Bonchev–Trinajstić information content (AvgIpc) is 2.27. The van der Waals surface area contributed by atoms with Crippen molar-refractivity contribution in [2.45, 2.75) is 17.9 Å². The molecule has 1 aromatic rings. The second kappa shape index (κ2) is 6.56. The van der Waals surface area contributed by atoms with Crippen LogP contribution in [0, 0.1) is 11.6 Å². The van der Waals surface area contributed by atoms with Crippen LogP contribution < -0.4 is 5.32 Å². The van der Waals surface area contributed by atoms with Crippen molar-refractivity contribution in [1.29, 1.82) is 0 Å². The first-order valence-corrected chi connectivity index (χ1v) is 5.99. The Balaban J connectivity index is 2.47. The third kappa shape index (κ3) is 4.70. The largest absolute Gasteiger partial charge is 0.394 e. The minimum atomic E-state index is -0.682. The van der Waals surface area contributed by atoms with Crippen LogP contribution in [0.25, 0.3) is 0 Å². The van der Waals surface area contributed by atoms with Gasteiger partial charge in [-0.1, -0.05) is 0 Å². The molecule has 0 aliphatic heterocycles. The normalized spacial score (nSPS) is 12.2. The van der Waals surface area contributed by atoms with Gasteiger partial charge in [0, 0.05) is 17.0 Å². The lowest BCUT2D eigenvalue weighted by Crippen LogP contribution is -2.36. The van der Waals surface area contributed by atoms with Crippen LogP contribution in [0.15, 0.2) is 23.1 Å². The highest BCUT2D eigenvalue weighted by Crippen LogP contribution is 2.21. The zero-order valence-corrected chi connectivity index (χ0v) is 10.1. The molecule has 1 aromatic carbocycles. The summed E-state index contributed by atoms with van der Waals surface area (Å²) in [6.45, 7) is 1.50. The Labute approximate surface area is 102 Å². The van der Waals surface area contributed by atoms with E-state index in [-0.39, 0.29) is 29.2 Å². The molecule has 6 heteroatoms. The molecular weight excluding hydrogens is 248 g/mol. The predicted molar refractivity (Wildman–Crippen MR) is 61.8 cm³/mol. The first-order valence-electron chi connectivity index (χ1n) is 5.01. The standard InChI is InChI=1S/C11H13F2NO2S/c1-7(5-15)14-11(16)6-17-10-3-2-8(12)4-9(10)13/h2-4,7,15H,5-6H2,1H3,(H,14,16)/t7-/m1/s1. The highest BCUT2D eigenvalue weighted by atomic mass is 32.2. The molecule has 94 valence electrons. The lowest BCUT2D eigenvalue weighted by Gasteiger charge is -2.10. The van der Waals surface area contributed by atoms with Crippen molar-refractivity contribution in [3.05, 3.63) is 29.8 Å². The van der Waals surface area contributed by atoms with Crippen LogP contribution in [0.2, 0.25) is 0 Å². The Morgan fingerprint density at radius 2 is 2.24 bits per heavy atom. The molecule has 2 N–H and O–H groups in total. The number of aliphatic hydroxyl groups excluding tert-OH is 1. The second-order valence-electron chi connectivity index (χ2n) is 3.51. The van der Waals surface area contributed by atoms with Gasteiger partial charge in [-0.25, -0.2) is 8.78 Å². The van der Waals surface area contributed by atoms with Crippen molar-refractivity contribution in [3.63, 3.8) is 0 Å². The number of thioether (sulfide) groups is 1. The molecule has 1 rings (SSSR count).